The average Bonchev–Trinajstić information content (AvgIpc) is 2.58. The second-order valence-electron chi connectivity index (χ2n) is 2.81. The summed E-state index contributed by atoms with van der Waals surface area (Å²) in [5, 5.41) is 0. The zero-order valence-electron chi connectivity index (χ0n) is 7.84. The molecule has 5 nitrogen and oxygen atoms in total. The number of aryl methyl sites for hydroxylation is 1. The molecule has 0 aliphatic rings. The minimum atomic E-state index is 0.419. The van der Waals surface area contributed by atoms with Crippen LogP contribution in [0.15, 0.2) is 25.3 Å². The molecule has 2 aromatic rings. The lowest BCUT2D eigenvalue weighted by Gasteiger charge is -2.01. The molecule has 0 radical (unpaired) electrons. The first-order valence-corrected chi connectivity index (χ1v) is 4.18. The maximum absolute atomic E-state index is 5.34. The number of hydrogen-bond acceptors (Lipinski definition) is 4. The summed E-state index contributed by atoms with van der Waals surface area (Å²) in [6.07, 6.45) is 4.80. The van der Waals surface area contributed by atoms with Crippen LogP contribution in [0.4, 0.5) is 0 Å². The second-order valence-corrected chi connectivity index (χ2v) is 2.81. The van der Waals surface area contributed by atoms with Crippen LogP contribution in [0.2, 0.25) is 0 Å². The van der Waals surface area contributed by atoms with Gasteiger partial charge in [-0.1, -0.05) is 12.7 Å². The normalized spacial score (nSPS) is 10.4. The number of fused-ring (bicyclic) bond motifs is 1. The van der Waals surface area contributed by atoms with E-state index in [0.717, 1.165) is 5.65 Å². The van der Waals surface area contributed by atoms with Crippen LogP contribution in [-0.4, -0.2) is 26.1 Å². The number of aromatic nitrogens is 4. The molecule has 14 heavy (non-hydrogen) atoms. The summed E-state index contributed by atoms with van der Waals surface area (Å²) < 4.78 is 7.15. The van der Waals surface area contributed by atoms with Crippen LogP contribution in [0.25, 0.3) is 11.2 Å². The van der Waals surface area contributed by atoms with Crippen LogP contribution in [0.5, 0.6) is 5.88 Å². The third-order valence-corrected chi connectivity index (χ3v) is 1.80. The molecule has 5 heteroatoms. The Morgan fingerprint density at radius 2 is 2.36 bits per heavy atom. The molecule has 2 aromatic heterocycles. The Labute approximate surface area is 81.1 Å². The van der Waals surface area contributed by atoms with Crippen LogP contribution >= 0.6 is 0 Å². The van der Waals surface area contributed by atoms with Gasteiger partial charge in [-0.25, -0.2) is 9.97 Å². The number of hydrogen-bond donors (Lipinski definition) is 0. The van der Waals surface area contributed by atoms with E-state index in [9.17, 15) is 0 Å². The van der Waals surface area contributed by atoms with E-state index >= 15 is 0 Å². The van der Waals surface area contributed by atoms with Crippen LogP contribution < -0.4 is 4.74 Å². The van der Waals surface area contributed by atoms with Gasteiger partial charge in [0.1, 0.15) is 12.9 Å². The van der Waals surface area contributed by atoms with Crippen molar-refractivity contribution in [2.45, 2.75) is 0 Å². The Morgan fingerprint density at radius 1 is 1.50 bits per heavy atom. The molecular formula is C9H10N4O. The maximum Gasteiger partial charge on any atom is 0.245 e. The van der Waals surface area contributed by atoms with E-state index in [2.05, 4.69) is 21.5 Å². The standard InChI is InChI=1S/C9H10N4O/c1-3-4-14-9-7-8(10-5-11-9)13(2)6-12-7/h3,5-6H,1,4H2,2H3. The van der Waals surface area contributed by atoms with Crippen molar-refractivity contribution in [3.8, 4) is 5.88 Å². The fourth-order valence-corrected chi connectivity index (χ4v) is 1.17. The van der Waals surface area contributed by atoms with Crippen molar-refractivity contribution < 1.29 is 4.74 Å². The smallest absolute Gasteiger partial charge is 0.245 e. The van der Waals surface area contributed by atoms with E-state index in [-0.39, 0.29) is 0 Å². The van der Waals surface area contributed by atoms with Gasteiger partial charge in [-0.15, -0.1) is 0 Å². The molecule has 0 spiro atoms. The first kappa shape index (κ1) is 8.68. The number of nitrogens with zero attached hydrogens (tertiary/aromatic N) is 4. The molecule has 0 N–H and O–H groups in total. The number of rotatable bonds is 3. The van der Waals surface area contributed by atoms with Gasteiger partial charge < -0.3 is 9.30 Å². The molecule has 0 fully saturated rings. The molecular weight excluding hydrogens is 180 g/mol. The predicted octanol–water partition coefficient (Wildman–Crippen LogP) is 0.928. The van der Waals surface area contributed by atoms with Gasteiger partial charge in [0, 0.05) is 7.05 Å². The van der Waals surface area contributed by atoms with Crippen LogP contribution in [0.3, 0.4) is 0 Å². The molecule has 72 valence electrons. The third kappa shape index (κ3) is 1.32. The topological polar surface area (TPSA) is 52.8 Å². The Hall–Kier alpha value is -1.91. The number of imidazole rings is 1. The van der Waals surface area contributed by atoms with E-state index in [4.69, 9.17) is 4.74 Å². The van der Waals surface area contributed by atoms with Crippen molar-refractivity contribution in [2.75, 3.05) is 6.61 Å². The molecule has 2 rings (SSSR count). The van der Waals surface area contributed by atoms with Crippen molar-refractivity contribution in [1.82, 2.24) is 19.5 Å². The fraction of sp³-hybridized carbons (Fsp3) is 0.222. The summed E-state index contributed by atoms with van der Waals surface area (Å²) in [4.78, 5) is 12.2. The van der Waals surface area contributed by atoms with Gasteiger partial charge in [-0.3, -0.25) is 0 Å². The first-order chi connectivity index (χ1) is 6.83. The summed E-state index contributed by atoms with van der Waals surface area (Å²) >= 11 is 0. The largest absolute Gasteiger partial charge is 0.472 e. The minimum Gasteiger partial charge on any atom is -0.472 e. The van der Waals surface area contributed by atoms with Gasteiger partial charge in [0.15, 0.2) is 11.2 Å². The Kier molecular flexibility index (Phi) is 2.14. The lowest BCUT2D eigenvalue weighted by Crippen LogP contribution is -1.97. The average molecular weight is 190 g/mol. The SMILES string of the molecule is C=CCOc1ncnc2c1ncn2C. The molecule has 0 atom stereocenters. The summed E-state index contributed by atoms with van der Waals surface area (Å²) in [5.74, 6) is 0.496. The Morgan fingerprint density at radius 3 is 3.14 bits per heavy atom. The van der Waals surface area contributed by atoms with E-state index < -0.39 is 0 Å². The summed E-state index contributed by atoms with van der Waals surface area (Å²) in [5.41, 5.74) is 1.44. The van der Waals surface area contributed by atoms with Crippen LogP contribution in [0, 0.1) is 0 Å². The minimum absolute atomic E-state index is 0.419. The van der Waals surface area contributed by atoms with Crippen LogP contribution in [-0.2, 0) is 7.05 Å². The van der Waals surface area contributed by atoms with Crippen molar-refractivity contribution in [1.29, 1.82) is 0 Å². The van der Waals surface area contributed by atoms with Crippen molar-refractivity contribution >= 4 is 11.2 Å². The van der Waals surface area contributed by atoms with Gasteiger partial charge in [0.05, 0.1) is 6.33 Å². The molecule has 0 aromatic carbocycles. The van der Waals surface area contributed by atoms with Crippen molar-refractivity contribution in [3.05, 3.63) is 25.3 Å². The summed E-state index contributed by atoms with van der Waals surface area (Å²) in [6, 6.07) is 0. The molecule has 0 saturated heterocycles. The van der Waals surface area contributed by atoms with E-state index in [1.807, 2.05) is 11.6 Å². The van der Waals surface area contributed by atoms with Crippen molar-refractivity contribution in [3.63, 3.8) is 0 Å². The second kappa shape index (κ2) is 3.45. The number of ether oxygens (including phenoxy) is 1. The summed E-state index contributed by atoms with van der Waals surface area (Å²) in [6.45, 7) is 3.99. The molecule has 0 saturated carbocycles. The zero-order valence-corrected chi connectivity index (χ0v) is 7.84. The molecule has 0 unspecified atom stereocenters. The van der Waals surface area contributed by atoms with Gasteiger partial charge in [0.25, 0.3) is 0 Å². The molecule has 0 amide bonds. The zero-order chi connectivity index (χ0) is 9.97. The molecule has 2 heterocycles. The lowest BCUT2D eigenvalue weighted by molar-refractivity contribution is 0.352. The van der Waals surface area contributed by atoms with E-state index in [1.165, 1.54) is 6.33 Å². The van der Waals surface area contributed by atoms with Gasteiger partial charge >= 0.3 is 0 Å². The van der Waals surface area contributed by atoms with Gasteiger partial charge in [0.2, 0.25) is 5.88 Å². The van der Waals surface area contributed by atoms with Gasteiger partial charge in [-0.05, 0) is 0 Å². The molecule has 0 bridgehead atoms. The van der Waals surface area contributed by atoms with Crippen molar-refractivity contribution in [2.24, 2.45) is 7.05 Å². The van der Waals surface area contributed by atoms with Crippen LogP contribution in [0.1, 0.15) is 0 Å². The quantitative estimate of drug-likeness (QED) is 0.675. The van der Waals surface area contributed by atoms with Gasteiger partial charge in [-0.2, -0.15) is 4.98 Å². The molecule has 0 aliphatic heterocycles. The highest BCUT2D eigenvalue weighted by Gasteiger charge is 2.08. The summed E-state index contributed by atoms with van der Waals surface area (Å²) in [7, 11) is 1.87. The Balaban J connectivity index is 2.48. The lowest BCUT2D eigenvalue weighted by atomic mass is 10.5. The van der Waals surface area contributed by atoms with E-state index in [1.54, 1.807) is 12.4 Å². The predicted molar refractivity (Wildman–Crippen MR) is 52.0 cm³/mol. The van der Waals surface area contributed by atoms with E-state index in [0.29, 0.717) is 18.0 Å². The molecule has 0 aliphatic carbocycles. The highest BCUT2D eigenvalue weighted by atomic mass is 16.5. The fourth-order valence-electron chi connectivity index (χ4n) is 1.17. The highest BCUT2D eigenvalue weighted by Crippen LogP contribution is 2.18. The maximum atomic E-state index is 5.34. The third-order valence-electron chi connectivity index (χ3n) is 1.80. The first-order valence-electron chi connectivity index (χ1n) is 4.18. The highest BCUT2D eigenvalue weighted by molar-refractivity contribution is 5.75. The monoisotopic (exact) mass is 190 g/mol. The Bertz CT molecular complexity index is 463.